The lowest BCUT2D eigenvalue weighted by molar-refractivity contribution is -0.141. The summed E-state index contributed by atoms with van der Waals surface area (Å²) < 4.78 is 13.4. The molecule has 0 radical (unpaired) electrons. The van der Waals surface area contributed by atoms with Gasteiger partial charge in [0.25, 0.3) is 0 Å². The lowest BCUT2D eigenvalue weighted by Gasteiger charge is -2.31. The minimum atomic E-state index is -0.669. The van der Waals surface area contributed by atoms with Gasteiger partial charge in [-0.2, -0.15) is 0 Å². The molecule has 0 bridgehead atoms. The molecule has 3 rings (SSSR count). The van der Waals surface area contributed by atoms with Crippen LogP contribution in [0.1, 0.15) is 28.7 Å². The zero-order valence-electron chi connectivity index (χ0n) is 18.6. The number of carbonyl (C=O) groups is 2. The highest BCUT2D eigenvalue weighted by Gasteiger charge is 2.29. The molecule has 32 heavy (non-hydrogen) atoms. The number of nitrogens with zero attached hydrogens (tertiary/aromatic N) is 1. The molecule has 0 aliphatic carbocycles. The fourth-order valence-electron chi connectivity index (χ4n) is 3.66. The highest BCUT2D eigenvalue weighted by Crippen LogP contribution is 2.17. The van der Waals surface area contributed by atoms with Crippen LogP contribution in [-0.2, 0) is 29.0 Å². The van der Waals surface area contributed by atoms with Crippen LogP contribution in [0.15, 0.2) is 78.9 Å². The Hall–Kier alpha value is -3.47. The minimum absolute atomic E-state index is 0.112. The van der Waals surface area contributed by atoms with Gasteiger partial charge in [-0.15, -0.1) is 0 Å². The van der Waals surface area contributed by atoms with Crippen molar-refractivity contribution in [2.45, 2.75) is 38.8 Å². The Kier molecular flexibility index (Phi) is 8.14. The van der Waals surface area contributed by atoms with Gasteiger partial charge >= 0.3 is 0 Å². The second kappa shape index (κ2) is 11.2. The summed E-state index contributed by atoms with van der Waals surface area (Å²) in [5.41, 5.74) is 3.99. The summed E-state index contributed by atoms with van der Waals surface area (Å²) in [5.74, 6) is -0.669. The summed E-state index contributed by atoms with van der Waals surface area (Å²) in [7, 11) is 1.58. The van der Waals surface area contributed by atoms with Crippen LogP contribution in [0.25, 0.3) is 0 Å². The molecule has 0 aromatic heterocycles. The molecule has 4 nitrogen and oxygen atoms in total. The van der Waals surface area contributed by atoms with E-state index in [0.717, 1.165) is 16.7 Å². The Morgan fingerprint density at radius 3 is 2.12 bits per heavy atom. The van der Waals surface area contributed by atoms with Crippen LogP contribution in [0.2, 0.25) is 0 Å². The van der Waals surface area contributed by atoms with Gasteiger partial charge in [-0.25, -0.2) is 4.39 Å². The van der Waals surface area contributed by atoms with E-state index in [-0.39, 0.29) is 30.6 Å². The van der Waals surface area contributed by atoms with Crippen LogP contribution in [0.3, 0.4) is 0 Å². The maximum atomic E-state index is 13.4. The third-order valence-corrected chi connectivity index (χ3v) is 5.53. The third kappa shape index (κ3) is 6.51. The summed E-state index contributed by atoms with van der Waals surface area (Å²) in [6.45, 7) is 2.26. The Labute approximate surface area is 189 Å². The lowest BCUT2D eigenvalue weighted by Crippen LogP contribution is -2.49. The molecule has 0 aliphatic heterocycles. The Bertz CT molecular complexity index is 1020. The van der Waals surface area contributed by atoms with E-state index in [9.17, 15) is 14.0 Å². The quantitative estimate of drug-likeness (QED) is 0.543. The molecule has 0 spiro atoms. The van der Waals surface area contributed by atoms with E-state index in [1.54, 1.807) is 24.1 Å². The predicted molar refractivity (Wildman–Crippen MR) is 124 cm³/mol. The molecule has 3 aromatic rings. The Balaban J connectivity index is 1.85. The van der Waals surface area contributed by atoms with Crippen molar-refractivity contribution in [1.82, 2.24) is 10.2 Å². The van der Waals surface area contributed by atoms with E-state index in [0.29, 0.717) is 12.8 Å². The maximum absolute atomic E-state index is 13.4. The molecule has 0 saturated carbocycles. The molecule has 0 heterocycles. The van der Waals surface area contributed by atoms with Crippen molar-refractivity contribution < 1.29 is 14.0 Å². The highest BCUT2D eigenvalue weighted by atomic mass is 19.1. The summed E-state index contributed by atoms with van der Waals surface area (Å²) in [6.07, 6.45) is 1.27. The number of likely N-dealkylation sites (N-methyl/N-ethyl adjacent to an activating group) is 1. The molecule has 2 amide bonds. The number of rotatable bonds is 9. The third-order valence-electron chi connectivity index (χ3n) is 5.53. The number of hydrogen-bond donors (Lipinski definition) is 1. The molecule has 0 aliphatic rings. The van der Waals surface area contributed by atoms with Crippen molar-refractivity contribution >= 4 is 11.8 Å². The van der Waals surface area contributed by atoms with Gasteiger partial charge in [0.05, 0.1) is 0 Å². The van der Waals surface area contributed by atoms with Crippen LogP contribution in [-0.4, -0.2) is 29.8 Å². The van der Waals surface area contributed by atoms with Gasteiger partial charge in [-0.3, -0.25) is 9.59 Å². The molecular formula is C27H29FN2O2. The van der Waals surface area contributed by atoms with Gasteiger partial charge in [0.2, 0.25) is 11.8 Å². The monoisotopic (exact) mass is 432 g/mol. The number of halogens is 1. The average Bonchev–Trinajstić information content (AvgIpc) is 2.82. The van der Waals surface area contributed by atoms with Crippen molar-refractivity contribution in [2.24, 2.45) is 0 Å². The second-order valence-corrected chi connectivity index (χ2v) is 7.95. The van der Waals surface area contributed by atoms with Gasteiger partial charge in [-0.05, 0) is 42.2 Å². The normalized spacial score (nSPS) is 11.6. The summed E-state index contributed by atoms with van der Waals surface area (Å²) in [4.78, 5) is 27.9. The van der Waals surface area contributed by atoms with Crippen LogP contribution in [0.5, 0.6) is 0 Å². The SMILES string of the molecule is CNC(=O)[C@H](Cc1ccccc1)N(Cc1ccc(F)cc1)C(=O)CCc1ccc(C)cc1. The number of benzene rings is 3. The van der Waals surface area contributed by atoms with E-state index in [1.807, 2.05) is 61.5 Å². The lowest BCUT2D eigenvalue weighted by atomic mass is 10.0. The second-order valence-electron chi connectivity index (χ2n) is 7.95. The van der Waals surface area contributed by atoms with Crippen molar-refractivity contribution in [1.29, 1.82) is 0 Å². The van der Waals surface area contributed by atoms with Gasteiger partial charge in [-0.1, -0.05) is 72.3 Å². The first-order valence-corrected chi connectivity index (χ1v) is 10.8. The van der Waals surface area contributed by atoms with Crippen LogP contribution in [0, 0.1) is 12.7 Å². The number of carbonyl (C=O) groups excluding carboxylic acids is 2. The molecule has 3 aromatic carbocycles. The summed E-state index contributed by atoms with van der Waals surface area (Å²) in [6, 6.07) is 23.1. The standard InChI is InChI=1S/C27H29FN2O2/c1-20-8-10-21(11-9-20)14-17-26(31)30(19-23-12-15-24(28)16-13-23)25(27(32)29-2)18-22-6-4-3-5-7-22/h3-13,15-16,25H,14,17-19H2,1-2H3,(H,29,32)/t25-/m0/s1. The molecule has 0 saturated heterocycles. The van der Waals surface area contributed by atoms with Crippen molar-refractivity contribution in [3.63, 3.8) is 0 Å². The first-order valence-electron chi connectivity index (χ1n) is 10.8. The zero-order valence-corrected chi connectivity index (χ0v) is 18.6. The summed E-state index contributed by atoms with van der Waals surface area (Å²) in [5, 5.41) is 2.70. The van der Waals surface area contributed by atoms with Gasteiger partial charge in [0.1, 0.15) is 11.9 Å². The Morgan fingerprint density at radius 2 is 1.50 bits per heavy atom. The minimum Gasteiger partial charge on any atom is -0.357 e. The molecule has 1 N–H and O–H groups in total. The van der Waals surface area contributed by atoms with E-state index in [1.165, 1.54) is 17.7 Å². The van der Waals surface area contributed by atoms with Crippen LogP contribution < -0.4 is 5.32 Å². The molecule has 0 unspecified atom stereocenters. The van der Waals surface area contributed by atoms with Crippen molar-refractivity contribution in [3.8, 4) is 0 Å². The van der Waals surface area contributed by atoms with Gasteiger partial charge in [0, 0.05) is 26.4 Å². The van der Waals surface area contributed by atoms with Gasteiger partial charge in [0.15, 0.2) is 0 Å². The number of amides is 2. The first-order chi connectivity index (χ1) is 15.5. The van der Waals surface area contributed by atoms with Crippen LogP contribution in [0.4, 0.5) is 4.39 Å². The number of aryl methyl sites for hydroxylation is 2. The first kappa shape index (κ1) is 23.2. The molecular weight excluding hydrogens is 403 g/mol. The maximum Gasteiger partial charge on any atom is 0.242 e. The number of hydrogen-bond acceptors (Lipinski definition) is 2. The van der Waals surface area contributed by atoms with E-state index in [2.05, 4.69) is 5.32 Å². The zero-order chi connectivity index (χ0) is 22.9. The fourth-order valence-corrected chi connectivity index (χ4v) is 3.66. The summed E-state index contributed by atoms with van der Waals surface area (Å²) >= 11 is 0. The molecule has 1 atom stereocenters. The molecule has 166 valence electrons. The molecule has 5 heteroatoms. The van der Waals surface area contributed by atoms with Crippen molar-refractivity contribution in [3.05, 3.63) is 107 Å². The van der Waals surface area contributed by atoms with E-state index < -0.39 is 6.04 Å². The van der Waals surface area contributed by atoms with E-state index >= 15 is 0 Å². The molecule has 0 fully saturated rings. The topological polar surface area (TPSA) is 49.4 Å². The number of nitrogens with one attached hydrogen (secondary N) is 1. The van der Waals surface area contributed by atoms with Crippen molar-refractivity contribution in [2.75, 3.05) is 7.05 Å². The van der Waals surface area contributed by atoms with Gasteiger partial charge < -0.3 is 10.2 Å². The average molecular weight is 433 g/mol. The predicted octanol–water partition coefficient (Wildman–Crippen LogP) is 4.45. The fraction of sp³-hybridized carbons (Fsp3) is 0.259. The smallest absolute Gasteiger partial charge is 0.242 e. The highest BCUT2D eigenvalue weighted by molar-refractivity contribution is 5.88. The Morgan fingerprint density at radius 1 is 0.875 bits per heavy atom. The largest absolute Gasteiger partial charge is 0.357 e. The van der Waals surface area contributed by atoms with Crippen LogP contribution >= 0.6 is 0 Å². The van der Waals surface area contributed by atoms with E-state index in [4.69, 9.17) is 0 Å².